The van der Waals surface area contributed by atoms with Crippen LogP contribution in [0.25, 0.3) is 43.9 Å². The number of nitrogens with one attached hydrogen (secondary N) is 2. The van der Waals surface area contributed by atoms with Crippen LogP contribution in [-0.4, -0.2) is 104 Å². The lowest BCUT2D eigenvalue weighted by molar-refractivity contribution is -0.149. The lowest BCUT2D eigenvalue weighted by atomic mass is 9.94. The number of hydrogen-bond acceptors (Lipinski definition) is 18. The Hall–Kier alpha value is -7.00. The third-order valence-corrected chi connectivity index (χ3v) is 18.5. The first-order valence-corrected chi connectivity index (χ1v) is 34.4. The van der Waals surface area contributed by atoms with Gasteiger partial charge in [-0.3, -0.25) is 18.7 Å². The van der Waals surface area contributed by atoms with Crippen LogP contribution in [0.5, 0.6) is 11.5 Å². The van der Waals surface area contributed by atoms with Gasteiger partial charge in [-0.25, -0.2) is 30.1 Å². The Labute approximate surface area is 521 Å². The normalized spacial score (nSPS) is 15.1. The van der Waals surface area contributed by atoms with Crippen molar-refractivity contribution in [1.29, 1.82) is 0 Å². The number of carbonyl (C=O) groups excluding carboxylic acids is 2. The lowest BCUT2D eigenvalue weighted by Gasteiger charge is -2.34. The quantitative estimate of drug-likeness (QED) is 0.0161. The van der Waals surface area contributed by atoms with Gasteiger partial charge in [0, 0.05) is 17.4 Å². The second kappa shape index (κ2) is 31.2. The van der Waals surface area contributed by atoms with Gasteiger partial charge in [-0.15, -0.1) is 0 Å². The summed E-state index contributed by atoms with van der Waals surface area (Å²) in [7, 11) is -7.98. The first-order valence-electron chi connectivity index (χ1n) is 30.8. The zero-order valence-corrected chi connectivity index (χ0v) is 54.7. The average Bonchev–Trinajstić information content (AvgIpc) is 1.79. The van der Waals surface area contributed by atoms with Crippen molar-refractivity contribution in [2.45, 2.75) is 163 Å². The number of nitrogens with two attached hydrogens (primary N) is 2. The van der Waals surface area contributed by atoms with E-state index in [2.05, 4.69) is 45.1 Å². The molecule has 4 aromatic heterocycles. The van der Waals surface area contributed by atoms with Crippen LogP contribution in [0.15, 0.2) is 103 Å². The summed E-state index contributed by atoms with van der Waals surface area (Å²) in [5.41, 5.74) is 17.3. The van der Waals surface area contributed by atoms with E-state index >= 15 is 4.57 Å². The molecule has 6 unspecified atom stereocenters. The highest BCUT2D eigenvalue weighted by Crippen LogP contribution is 2.47. The molecule has 24 heteroatoms. The summed E-state index contributed by atoms with van der Waals surface area (Å²) < 4.78 is 83.3. The highest BCUT2D eigenvalue weighted by Gasteiger charge is 2.37. The van der Waals surface area contributed by atoms with E-state index in [-0.39, 0.29) is 63.1 Å². The Morgan fingerprint density at radius 3 is 1.76 bits per heavy atom. The summed E-state index contributed by atoms with van der Waals surface area (Å²) in [6.07, 6.45) is 3.56. The molecule has 0 saturated carbocycles. The molecule has 22 nitrogen and oxygen atoms in total. The minimum Gasteiger partial charge on any atom is -0.462 e. The van der Waals surface area contributed by atoms with E-state index in [1.54, 1.807) is 84.0 Å². The smallest absolute Gasteiger partial charge is 0.342 e. The van der Waals surface area contributed by atoms with E-state index in [0.717, 1.165) is 58.6 Å². The molecule has 6 N–H and O–H groups in total. The average molecular weight is 1260 g/mol. The molecule has 0 saturated heterocycles. The number of carbonyl (C=O) groups is 2. The molecule has 0 aliphatic heterocycles. The van der Waals surface area contributed by atoms with Crippen LogP contribution in [0.2, 0.25) is 0 Å². The van der Waals surface area contributed by atoms with Gasteiger partial charge in [-0.1, -0.05) is 106 Å². The number of para-hydroxylation sites is 3. The van der Waals surface area contributed by atoms with Crippen LogP contribution >= 0.6 is 15.0 Å². The number of ether oxygens (including phenoxy) is 6. The summed E-state index contributed by atoms with van der Waals surface area (Å²) in [5, 5.41) is 7.57. The summed E-state index contributed by atoms with van der Waals surface area (Å²) in [5.74, 6) is 1.22. The predicted octanol–water partition coefficient (Wildman–Crippen LogP) is 12.9. The number of hydrogen-bond donors (Lipinski definition) is 4. The number of rotatable bonds is 36. The highest BCUT2D eigenvalue weighted by atomic mass is 31.2. The Kier molecular flexibility index (Phi) is 23.8. The molecule has 0 spiro atoms. The number of unbranched alkanes of at least 4 members (excludes halogenated alkanes) is 2. The SMILES string of the molecule is CCCCC(COCP(=O)(NC(C)C(=O)OC(C)C)Oc1cccc(CCOCc2nc3c(N)nc4ccccc4c3n2C(C)(CCCC)COCP(=O)(NC(C)C(=O)OC(C)C)Oc2ccccc2)c1)n1c(COCC)nc2c(N)nc3ccccc3c21. The summed E-state index contributed by atoms with van der Waals surface area (Å²) in [6, 6.07) is 29.1. The molecule has 6 atom stereocenters. The molecule has 89 heavy (non-hydrogen) atoms. The molecule has 480 valence electrons. The van der Waals surface area contributed by atoms with Gasteiger partial charge in [0.25, 0.3) is 0 Å². The van der Waals surface area contributed by atoms with Crippen molar-refractivity contribution in [3.63, 3.8) is 0 Å². The van der Waals surface area contributed by atoms with Gasteiger partial charge in [-0.2, -0.15) is 0 Å². The molecule has 0 bridgehead atoms. The van der Waals surface area contributed by atoms with E-state index in [0.29, 0.717) is 65.6 Å². The van der Waals surface area contributed by atoms with Gasteiger partial charge in [0.05, 0.1) is 65.7 Å². The van der Waals surface area contributed by atoms with Crippen LogP contribution in [0.4, 0.5) is 11.6 Å². The van der Waals surface area contributed by atoms with E-state index < -0.39 is 57.1 Å². The second-order valence-corrected chi connectivity index (χ2v) is 27.3. The Bertz CT molecular complexity index is 3770. The Balaban J connectivity index is 1.03. The summed E-state index contributed by atoms with van der Waals surface area (Å²) >= 11 is 0. The monoisotopic (exact) mass is 1260 g/mol. The fourth-order valence-corrected chi connectivity index (χ4v) is 14.1. The van der Waals surface area contributed by atoms with Gasteiger partial charge >= 0.3 is 27.0 Å². The van der Waals surface area contributed by atoms with Crippen molar-refractivity contribution in [2.24, 2.45) is 0 Å². The van der Waals surface area contributed by atoms with E-state index in [1.807, 2.05) is 67.6 Å². The van der Waals surface area contributed by atoms with Crippen molar-refractivity contribution < 1.29 is 56.2 Å². The molecule has 0 fully saturated rings. The van der Waals surface area contributed by atoms with Gasteiger partial charge in [0.15, 0.2) is 11.6 Å². The van der Waals surface area contributed by atoms with Gasteiger partial charge in [-0.05, 0) is 117 Å². The van der Waals surface area contributed by atoms with Crippen LogP contribution in [0, 0.1) is 0 Å². The molecule has 0 aliphatic carbocycles. The van der Waals surface area contributed by atoms with E-state index in [4.69, 9.17) is 63.9 Å². The zero-order valence-electron chi connectivity index (χ0n) is 52.9. The third kappa shape index (κ3) is 17.5. The van der Waals surface area contributed by atoms with Gasteiger partial charge < -0.3 is 58.1 Å². The fourth-order valence-electron chi connectivity index (χ4n) is 10.8. The third-order valence-electron chi connectivity index (χ3n) is 14.9. The molecule has 0 radical (unpaired) electrons. The molecule has 0 amide bonds. The topological polar surface area (TPSA) is 280 Å². The Morgan fingerprint density at radius 1 is 0.618 bits per heavy atom. The number of imidazole rings is 2. The number of nitrogens with zero attached hydrogens (tertiary/aromatic N) is 6. The molecular formula is C65H88N10O12P2. The molecule has 8 aromatic rings. The van der Waals surface area contributed by atoms with Crippen LogP contribution < -0.4 is 30.7 Å². The zero-order chi connectivity index (χ0) is 63.9. The van der Waals surface area contributed by atoms with Crippen LogP contribution in [0.3, 0.4) is 0 Å². The molecule has 0 aliphatic rings. The number of fused-ring (bicyclic) bond motifs is 6. The number of anilines is 2. The molecule has 8 rings (SSSR count). The van der Waals surface area contributed by atoms with E-state index in [1.165, 1.54) is 0 Å². The van der Waals surface area contributed by atoms with Crippen molar-refractivity contribution >= 4 is 82.5 Å². The van der Waals surface area contributed by atoms with Crippen molar-refractivity contribution in [1.82, 2.24) is 39.2 Å². The summed E-state index contributed by atoms with van der Waals surface area (Å²) in [4.78, 5) is 45.8. The van der Waals surface area contributed by atoms with Crippen molar-refractivity contribution in [2.75, 3.05) is 50.6 Å². The first kappa shape index (κ1) is 67.9. The Morgan fingerprint density at radius 2 is 1.16 bits per heavy atom. The lowest BCUT2D eigenvalue weighted by Crippen LogP contribution is -2.39. The molecule has 4 aromatic carbocycles. The maximum atomic E-state index is 15.3. The predicted molar refractivity (Wildman–Crippen MR) is 348 cm³/mol. The van der Waals surface area contributed by atoms with Crippen LogP contribution in [-0.2, 0) is 72.3 Å². The maximum absolute atomic E-state index is 15.3. The van der Waals surface area contributed by atoms with Crippen molar-refractivity contribution in [3.8, 4) is 11.5 Å². The summed E-state index contributed by atoms with van der Waals surface area (Å²) in [6.45, 7) is 19.5. The largest absolute Gasteiger partial charge is 0.462 e. The minimum atomic E-state index is -4.05. The number of nitrogen functional groups attached to an aromatic ring is 2. The highest BCUT2D eigenvalue weighted by molar-refractivity contribution is 7.57. The number of pyridine rings is 2. The first-order chi connectivity index (χ1) is 42.7. The van der Waals surface area contributed by atoms with Gasteiger partial charge in [0.1, 0.15) is 72.2 Å². The minimum absolute atomic E-state index is 0.0480. The number of aromatic nitrogens is 6. The van der Waals surface area contributed by atoms with Gasteiger partial charge in [0.2, 0.25) is 0 Å². The standard InChI is InChI=1S/C65H88N10O12P2/c1-11-14-25-48(74-55(38-80-13-3)70-57-59(74)51-29-19-21-31-53(51)68-61(57)66)37-82-41-88(78,72-45(8)63(76)84-43(4)5)87-50-28-23-24-47(36-50)33-35-81-39-56-71-58-60(52-30-20-22-32-54(52)69-62(58)67)75(56)65(10,34-15-12-2)40-83-42-89(79,86-49-26-17-16-18-27-49)73-46(9)64(77)85-44(6)7/h16-24,26-32,36,43-46,48H,11-15,25,33-35,37-42H2,1-10H3,(H2,66,68)(H2,67,69)(H,72,78)(H,73,79). The second-order valence-electron chi connectivity index (χ2n) is 23.2. The molecular weight excluding hydrogens is 1170 g/mol. The van der Waals surface area contributed by atoms with E-state index in [9.17, 15) is 14.2 Å². The number of benzene rings is 4. The fraction of sp³-hybridized carbons (Fsp3) is 0.477. The van der Waals surface area contributed by atoms with Crippen molar-refractivity contribution in [3.05, 3.63) is 120 Å². The van der Waals surface area contributed by atoms with Crippen LogP contribution in [0.1, 0.15) is 131 Å². The maximum Gasteiger partial charge on any atom is 0.342 e. The molecule has 4 heterocycles. The number of esters is 2.